The molecule has 0 spiro atoms. The van der Waals surface area contributed by atoms with Gasteiger partial charge in [-0.3, -0.25) is 4.79 Å². The number of rotatable bonds is 3. The summed E-state index contributed by atoms with van der Waals surface area (Å²) in [5.74, 6) is 0.705. The minimum Gasteiger partial charge on any atom is -0.497 e. The zero-order valence-electron chi connectivity index (χ0n) is 13.2. The number of fused-ring (bicyclic) bond motifs is 3. The van der Waals surface area contributed by atoms with Gasteiger partial charge in [-0.05, 0) is 18.2 Å². The Balaban J connectivity index is 1.84. The number of halogens is 1. The second-order valence-electron chi connectivity index (χ2n) is 5.42. The number of nitrogens with zero attached hydrogens (tertiary/aromatic N) is 3. The molecule has 4 aromatic rings. The van der Waals surface area contributed by atoms with Crippen molar-refractivity contribution in [3.05, 3.63) is 69.7 Å². The molecular formula is C18H13ClN4O2. The fourth-order valence-electron chi connectivity index (χ4n) is 2.64. The van der Waals surface area contributed by atoms with Crippen molar-refractivity contribution in [2.75, 3.05) is 7.11 Å². The molecule has 0 aliphatic heterocycles. The maximum atomic E-state index is 12.7. The summed E-state index contributed by atoms with van der Waals surface area (Å²) in [7, 11) is 1.60. The van der Waals surface area contributed by atoms with Gasteiger partial charge in [-0.25, -0.2) is 4.98 Å². The van der Waals surface area contributed by atoms with Crippen molar-refractivity contribution >= 4 is 39.8 Å². The monoisotopic (exact) mass is 352 g/mol. The van der Waals surface area contributed by atoms with E-state index in [2.05, 4.69) is 15.1 Å². The highest BCUT2D eigenvalue weighted by atomic mass is 35.5. The van der Waals surface area contributed by atoms with Crippen LogP contribution in [-0.4, -0.2) is 28.0 Å². The lowest BCUT2D eigenvalue weighted by Crippen LogP contribution is -2.17. The van der Waals surface area contributed by atoms with Crippen molar-refractivity contribution in [2.24, 2.45) is 5.10 Å². The van der Waals surface area contributed by atoms with Crippen LogP contribution in [0.2, 0.25) is 5.02 Å². The summed E-state index contributed by atoms with van der Waals surface area (Å²) in [6.07, 6.45) is 2.93. The van der Waals surface area contributed by atoms with Gasteiger partial charge >= 0.3 is 0 Å². The molecule has 0 saturated carbocycles. The molecule has 0 aliphatic carbocycles. The lowest BCUT2D eigenvalue weighted by atomic mass is 10.2. The van der Waals surface area contributed by atoms with Gasteiger partial charge in [0.1, 0.15) is 23.1 Å². The second-order valence-corrected chi connectivity index (χ2v) is 5.83. The first-order chi connectivity index (χ1) is 12.2. The van der Waals surface area contributed by atoms with Crippen molar-refractivity contribution < 1.29 is 4.74 Å². The van der Waals surface area contributed by atoms with Crippen LogP contribution in [0.4, 0.5) is 0 Å². The van der Waals surface area contributed by atoms with Crippen LogP contribution in [0.15, 0.2) is 58.7 Å². The van der Waals surface area contributed by atoms with Gasteiger partial charge in [0.2, 0.25) is 0 Å². The predicted molar refractivity (Wildman–Crippen MR) is 98.9 cm³/mol. The summed E-state index contributed by atoms with van der Waals surface area (Å²) >= 11 is 6.10. The molecule has 0 atom stereocenters. The van der Waals surface area contributed by atoms with Gasteiger partial charge < -0.3 is 9.72 Å². The quantitative estimate of drug-likeness (QED) is 0.574. The van der Waals surface area contributed by atoms with Crippen molar-refractivity contribution in [3.8, 4) is 5.75 Å². The molecule has 2 aromatic heterocycles. The first-order valence-electron chi connectivity index (χ1n) is 7.53. The van der Waals surface area contributed by atoms with E-state index in [9.17, 15) is 4.79 Å². The van der Waals surface area contributed by atoms with Crippen LogP contribution in [0.3, 0.4) is 0 Å². The predicted octanol–water partition coefficient (Wildman–Crippen LogP) is 3.42. The number of aromatic nitrogens is 3. The van der Waals surface area contributed by atoms with E-state index in [-0.39, 0.29) is 5.56 Å². The third-order valence-corrected chi connectivity index (χ3v) is 4.27. The topological polar surface area (TPSA) is 72.3 Å². The maximum absolute atomic E-state index is 12.7. The Labute approximate surface area is 147 Å². The number of benzene rings is 2. The fourth-order valence-corrected chi connectivity index (χ4v) is 2.83. The Morgan fingerprint density at radius 2 is 2.12 bits per heavy atom. The third kappa shape index (κ3) is 2.66. The molecule has 2 heterocycles. The summed E-state index contributed by atoms with van der Waals surface area (Å²) in [4.78, 5) is 20.1. The molecule has 0 bridgehead atoms. The van der Waals surface area contributed by atoms with Gasteiger partial charge in [0.15, 0.2) is 0 Å². The highest BCUT2D eigenvalue weighted by Crippen LogP contribution is 2.25. The minimum absolute atomic E-state index is 0.288. The van der Waals surface area contributed by atoms with Crippen LogP contribution in [0.5, 0.6) is 5.75 Å². The van der Waals surface area contributed by atoms with E-state index in [1.165, 1.54) is 17.2 Å². The number of hydrogen-bond donors (Lipinski definition) is 1. The van der Waals surface area contributed by atoms with E-state index in [4.69, 9.17) is 16.3 Å². The lowest BCUT2D eigenvalue weighted by Gasteiger charge is -1.99. The van der Waals surface area contributed by atoms with Crippen LogP contribution in [-0.2, 0) is 0 Å². The summed E-state index contributed by atoms with van der Waals surface area (Å²) < 4.78 is 6.39. The minimum atomic E-state index is -0.288. The van der Waals surface area contributed by atoms with Crippen molar-refractivity contribution in [1.29, 1.82) is 0 Å². The van der Waals surface area contributed by atoms with Crippen LogP contribution in [0, 0.1) is 0 Å². The third-order valence-electron chi connectivity index (χ3n) is 3.92. The average Bonchev–Trinajstić information content (AvgIpc) is 3.01. The number of nitrogens with one attached hydrogen (secondary N) is 1. The largest absolute Gasteiger partial charge is 0.497 e. The molecule has 0 unspecified atom stereocenters. The first kappa shape index (κ1) is 15.4. The molecule has 0 radical (unpaired) electrons. The second kappa shape index (κ2) is 6.07. The molecule has 2 aromatic carbocycles. The summed E-state index contributed by atoms with van der Waals surface area (Å²) in [6, 6.07) is 12.8. The Hall–Kier alpha value is -3.12. The Bertz CT molecular complexity index is 1180. The number of hydrogen-bond acceptors (Lipinski definition) is 4. The van der Waals surface area contributed by atoms with Crippen LogP contribution in [0.25, 0.3) is 21.9 Å². The van der Waals surface area contributed by atoms with E-state index in [1.807, 2.05) is 36.4 Å². The molecule has 25 heavy (non-hydrogen) atoms. The number of aromatic amines is 1. The molecule has 124 valence electrons. The van der Waals surface area contributed by atoms with E-state index >= 15 is 0 Å². The van der Waals surface area contributed by atoms with Gasteiger partial charge in [-0.2, -0.15) is 9.78 Å². The van der Waals surface area contributed by atoms with Crippen LogP contribution >= 0.6 is 11.6 Å². The first-order valence-corrected chi connectivity index (χ1v) is 7.91. The highest BCUT2D eigenvalue weighted by Gasteiger charge is 2.11. The summed E-state index contributed by atoms with van der Waals surface area (Å²) in [5.41, 5.74) is 2.21. The molecule has 4 rings (SSSR count). The van der Waals surface area contributed by atoms with E-state index in [0.29, 0.717) is 21.8 Å². The van der Waals surface area contributed by atoms with E-state index < -0.39 is 0 Å². The molecule has 0 fully saturated rings. The van der Waals surface area contributed by atoms with Gasteiger partial charge in [-0.1, -0.05) is 29.8 Å². The molecule has 0 amide bonds. The average molecular weight is 353 g/mol. The summed E-state index contributed by atoms with van der Waals surface area (Å²) in [5, 5.41) is 5.60. The van der Waals surface area contributed by atoms with E-state index in [0.717, 1.165) is 16.5 Å². The van der Waals surface area contributed by atoms with Crippen molar-refractivity contribution in [1.82, 2.24) is 14.6 Å². The van der Waals surface area contributed by atoms with Crippen LogP contribution in [0.1, 0.15) is 5.56 Å². The smallest absolute Gasteiger partial charge is 0.298 e. The lowest BCUT2D eigenvalue weighted by molar-refractivity contribution is 0.415. The normalized spacial score (nSPS) is 11.6. The Morgan fingerprint density at radius 1 is 1.28 bits per heavy atom. The zero-order valence-corrected chi connectivity index (χ0v) is 14.0. The number of H-pyrrole nitrogens is 1. The maximum Gasteiger partial charge on any atom is 0.298 e. The van der Waals surface area contributed by atoms with Gasteiger partial charge in [0, 0.05) is 22.0 Å². The molecule has 0 saturated heterocycles. The zero-order chi connectivity index (χ0) is 17.4. The van der Waals surface area contributed by atoms with E-state index in [1.54, 1.807) is 13.2 Å². The van der Waals surface area contributed by atoms with Gasteiger partial charge in [0.05, 0.1) is 18.8 Å². The van der Waals surface area contributed by atoms with Gasteiger partial charge in [-0.15, -0.1) is 0 Å². The molecule has 0 aliphatic rings. The molecule has 7 heteroatoms. The molecular weight excluding hydrogens is 340 g/mol. The SMILES string of the molecule is COc1ccc2c(c1)[nH]c1c(=O)n(N=Cc3ccccc3Cl)cnc12. The number of methoxy groups -OCH3 is 1. The molecule has 6 nitrogen and oxygen atoms in total. The summed E-state index contributed by atoms with van der Waals surface area (Å²) in [6.45, 7) is 0. The van der Waals surface area contributed by atoms with Gasteiger partial charge in [0.25, 0.3) is 5.56 Å². The van der Waals surface area contributed by atoms with Crippen LogP contribution < -0.4 is 10.3 Å². The highest BCUT2D eigenvalue weighted by molar-refractivity contribution is 6.33. The standard InChI is InChI=1S/C18H13ClN4O2/c1-25-12-6-7-13-15(8-12)22-17-16(13)20-10-23(18(17)24)21-9-11-4-2-3-5-14(11)19/h2-10,22H,1H3. The Kier molecular flexibility index (Phi) is 3.74. The molecule has 1 N–H and O–H groups in total. The van der Waals surface area contributed by atoms with Crippen molar-refractivity contribution in [3.63, 3.8) is 0 Å². The fraction of sp³-hybridized carbons (Fsp3) is 0.0556. The number of ether oxygens (including phenoxy) is 1. The Morgan fingerprint density at radius 3 is 2.92 bits per heavy atom. The van der Waals surface area contributed by atoms with Crippen molar-refractivity contribution in [2.45, 2.75) is 0 Å².